The third-order valence-corrected chi connectivity index (χ3v) is 12.4. The SMILES string of the molecule is C=C1[C@@H]2CC[C@H]3[C@]4(C)C[C@H](O[C@@H]5OC(CO)[C@@H](OS(=O)(=O)[O-])[C@@H](OS(=O)(=O)[O-])C5OC(=O)CC(C)C)C[C@@H](C(=O)[O-])[C@H]4CC[C@]3(C2)[C@H]1O. The molecule has 1 heterocycles. The van der Waals surface area contributed by atoms with Gasteiger partial charge >= 0.3 is 5.97 Å². The molecule has 1 saturated heterocycles. The van der Waals surface area contributed by atoms with Gasteiger partial charge in [0.2, 0.25) is 20.8 Å². The largest absolute Gasteiger partial charge is 0.726 e. The van der Waals surface area contributed by atoms with Crippen molar-refractivity contribution in [2.45, 2.75) is 115 Å². The number of hydrogen-bond acceptors (Lipinski definition) is 16. The van der Waals surface area contributed by atoms with Crippen molar-refractivity contribution in [2.75, 3.05) is 6.61 Å². The van der Waals surface area contributed by atoms with Gasteiger partial charge in [-0.3, -0.25) is 13.2 Å². The molecular formula is C30H43O16S2-3. The molecule has 5 fully saturated rings. The summed E-state index contributed by atoms with van der Waals surface area (Å²) in [4.78, 5) is 25.5. The van der Waals surface area contributed by atoms with Crippen LogP contribution in [0, 0.1) is 40.4 Å². The van der Waals surface area contributed by atoms with Crippen molar-refractivity contribution in [1.29, 1.82) is 0 Å². The molecule has 48 heavy (non-hydrogen) atoms. The average molecular weight is 724 g/mol. The highest BCUT2D eigenvalue weighted by molar-refractivity contribution is 7.81. The van der Waals surface area contributed by atoms with E-state index in [-0.39, 0.29) is 42.9 Å². The van der Waals surface area contributed by atoms with Crippen LogP contribution in [0.4, 0.5) is 0 Å². The second kappa shape index (κ2) is 13.4. The Labute approximate surface area is 280 Å². The van der Waals surface area contributed by atoms with Gasteiger partial charge in [-0.05, 0) is 79.6 Å². The van der Waals surface area contributed by atoms with E-state index in [2.05, 4.69) is 14.9 Å². The van der Waals surface area contributed by atoms with Crippen LogP contribution < -0.4 is 5.11 Å². The Hall–Kier alpha value is -1.74. The van der Waals surface area contributed by atoms with Crippen LogP contribution in [-0.2, 0) is 53.0 Å². The lowest BCUT2D eigenvalue weighted by Gasteiger charge is -2.63. The van der Waals surface area contributed by atoms with E-state index in [1.165, 1.54) is 0 Å². The van der Waals surface area contributed by atoms with Crippen LogP contribution in [0.15, 0.2) is 12.2 Å². The number of carboxylic acid groups (broad SMARTS) is 1. The van der Waals surface area contributed by atoms with Crippen molar-refractivity contribution >= 4 is 32.7 Å². The number of carbonyl (C=O) groups excluding carboxylic acids is 2. The minimum atomic E-state index is -5.69. The zero-order valence-corrected chi connectivity index (χ0v) is 28.6. The van der Waals surface area contributed by atoms with Gasteiger partial charge in [0, 0.05) is 23.7 Å². The Kier molecular flexibility index (Phi) is 10.5. The molecule has 1 spiro atoms. The fraction of sp³-hybridized carbons (Fsp3) is 0.867. The lowest BCUT2D eigenvalue weighted by molar-refractivity contribution is -0.331. The van der Waals surface area contributed by atoms with Gasteiger partial charge in [-0.1, -0.05) is 27.4 Å². The second-order valence-electron chi connectivity index (χ2n) is 14.7. The van der Waals surface area contributed by atoms with E-state index in [4.69, 9.17) is 14.2 Å². The lowest BCUT2D eigenvalue weighted by atomic mass is 9.43. The van der Waals surface area contributed by atoms with Crippen LogP contribution in [0.5, 0.6) is 0 Å². The van der Waals surface area contributed by atoms with Gasteiger partial charge < -0.3 is 43.4 Å². The van der Waals surface area contributed by atoms with Crippen LogP contribution in [0.25, 0.3) is 0 Å². The number of carbonyl (C=O) groups is 2. The molecule has 5 aliphatic rings. The molecule has 2 N–H and O–H groups in total. The van der Waals surface area contributed by atoms with Crippen LogP contribution in [0.2, 0.25) is 0 Å². The maximum absolute atomic E-state index is 12.9. The van der Waals surface area contributed by atoms with E-state index in [1.54, 1.807) is 13.8 Å². The van der Waals surface area contributed by atoms with Gasteiger partial charge in [0.1, 0.15) is 18.3 Å². The van der Waals surface area contributed by atoms with Gasteiger partial charge in [-0.2, -0.15) is 0 Å². The normalized spacial score (nSPS) is 43.0. The Balaban J connectivity index is 1.51. The van der Waals surface area contributed by atoms with Crippen molar-refractivity contribution in [3.8, 4) is 0 Å². The molecule has 274 valence electrons. The zero-order chi connectivity index (χ0) is 35.6. The van der Waals surface area contributed by atoms with Gasteiger partial charge in [0.05, 0.1) is 18.8 Å². The van der Waals surface area contributed by atoms with Crippen molar-refractivity contribution in [3.05, 3.63) is 12.2 Å². The number of aliphatic carboxylic acids is 1. The molecule has 0 aromatic rings. The fourth-order valence-corrected chi connectivity index (χ4v) is 10.8. The van der Waals surface area contributed by atoms with Crippen molar-refractivity contribution in [3.63, 3.8) is 0 Å². The first kappa shape index (κ1) is 37.5. The maximum Gasteiger partial charge on any atom is 0.306 e. The predicted molar refractivity (Wildman–Crippen MR) is 156 cm³/mol. The number of rotatable bonds is 11. The van der Waals surface area contributed by atoms with Crippen molar-refractivity contribution < 1.29 is 73.4 Å². The van der Waals surface area contributed by atoms with E-state index >= 15 is 0 Å². The number of ether oxygens (including phenoxy) is 3. The van der Waals surface area contributed by atoms with Gasteiger partial charge in [-0.15, -0.1) is 0 Å². The smallest absolute Gasteiger partial charge is 0.306 e. The first-order valence-corrected chi connectivity index (χ1v) is 18.8. The molecule has 1 aliphatic heterocycles. The van der Waals surface area contributed by atoms with Gasteiger partial charge in [0.15, 0.2) is 12.4 Å². The summed E-state index contributed by atoms with van der Waals surface area (Å²) in [6.07, 6.45) is -8.83. The third kappa shape index (κ3) is 7.20. The molecule has 13 atom stereocenters. The molecule has 0 radical (unpaired) electrons. The van der Waals surface area contributed by atoms with Gasteiger partial charge in [0.25, 0.3) is 0 Å². The quantitative estimate of drug-likeness (QED) is 0.0907. The number of carboxylic acids is 1. The summed E-state index contributed by atoms with van der Waals surface area (Å²) in [6, 6.07) is 0. The summed E-state index contributed by atoms with van der Waals surface area (Å²) < 4.78 is 96.8. The van der Waals surface area contributed by atoms with E-state index in [0.29, 0.717) is 19.3 Å². The van der Waals surface area contributed by atoms with Crippen LogP contribution in [0.1, 0.15) is 72.1 Å². The lowest BCUT2D eigenvalue weighted by Crippen LogP contribution is -2.64. The van der Waals surface area contributed by atoms with Gasteiger partial charge in [-0.25, -0.2) is 16.8 Å². The van der Waals surface area contributed by atoms with Crippen LogP contribution in [-0.4, -0.2) is 97.6 Å². The Bertz CT molecular complexity index is 1480. The van der Waals surface area contributed by atoms with Crippen LogP contribution >= 0.6 is 0 Å². The van der Waals surface area contributed by atoms with Crippen molar-refractivity contribution in [2.24, 2.45) is 40.4 Å². The zero-order valence-electron chi connectivity index (χ0n) is 26.9. The van der Waals surface area contributed by atoms with E-state index in [0.717, 1.165) is 18.4 Å². The average Bonchev–Trinajstić information content (AvgIpc) is 3.12. The Morgan fingerprint density at radius 3 is 2.27 bits per heavy atom. The molecule has 18 heteroatoms. The monoisotopic (exact) mass is 723 g/mol. The highest BCUT2D eigenvalue weighted by atomic mass is 32.3. The highest BCUT2D eigenvalue weighted by Gasteiger charge is 2.66. The Morgan fingerprint density at radius 2 is 1.69 bits per heavy atom. The molecule has 2 bridgehead atoms. The van der Waals surface area contributed by atoms with Crippen molar-refractivity contribution in [1.82, 2.24) is 0 Å². The maximum atomic E-state index is 12.9. The number of fused-ring (bicyclic) bond motifs is 3. The standard InChI is InChI=1S/C30H46O16S2/c1-14(2)9-22(32)44-25-24(46-48(39,40)41)23(45-47(36,37)38)20(13-31)43-28(25)42-17-10-18(27(34)35)19-7-8-30-11-16(15(3)26(30)33)5-6-21(30)29(19,4)12-17/h14,16-21,23-26,28,31,33H,3,5-13H2,1-2,4H3,(H,34,35)(H,36,37,38)(H,39,40,41)/p-3/t16-,17-,18-,19-,20?,21+,23-,24-,25?,26+,28-,29-,30-/m1/s1. The van der Waals surface area contributed by atoms with E-state index in [9.17, 15) is 50.8 Å². The summed E-state index contributed by atoms with van der Waals surface area (Å²) in [5.74, 6) is -3.86. The number of aliphatic hydroxyl groups excluding tert-OH is 2. The molecule has 4 saturated carbocycles. The summed E-state index contributed by atoms with van der Waals surface area (Å²) in [7, 11) is -11.3. The molecule has 2 unspecified atom stereocenters. The molecular weight excluding hydrogens is 680 g/mol. The second-order valence-corrected chi connectivity index (χ2v) is 16.8. The Morgan fingerprint density at radius 1 is 1.04 bits per heavy atom. The summed E-state index contributed by atoms with van der Waals surface area (Å²) in [5, 5.41) is 34.1. The summed E-state index contributed by atoms with van der Waals surface area (Å²) in [6.45, 7) is 8.35. The van der Waals surface area contributed by atoms with Crippen LogP contribution in [0.3, 0.4) is 0 Å². The van der Waals surface area contributed by atoms with E-state index < -0.39 is 99.0 Å². The first-order valence-electron chi connectivity index (χ1n) is 16.2. The molecule has 5 rings (SSSR count). The number of hydrogen-bond donors (Lipinski definition) is 2. The molecule has 0 aromatic carbocycles. The molecule has 16 nitrogen and oxygen atoms in total. The fourth-order valence-electron chi connectivity index (χ4n) is 9.80. The molecule has 0 aromatic heterocycles. The third-order valence-electron chi connectivity index (χ3n) is 11.5. The minimum Gasteiger partial charge on any atom is -0.726 e. The summed E-state index contributed by atoms with van der Waals surface area (Å²) >= 11 is 0. The van der Waals surface area contributed by atoms with E-state index in [1.807, 2.05) is 6.92 Å². The number of aliphatic hydroxyl groups is 2. The predicted octanol–water partition coefficient (Wildman–Crippen LogP) is -0.353. The topological polar surface area (TPSA) is 258 Å². The summed E-state index contributed by atoms with van der Waals surface area (Å²) in [5.41, 5.74) is -0.432. The first-order chi connectivity index (χ1) is 22.2. The molecule has 4 aliphatic carbocycles. The molecule has 0 amide bonds. The highest BCUT2D eigenvalue weighted by Crippen LogP contribution is 2.70. The minimum absolute atomic E-state index is 0.100. The number of esters is 1.